The lowest BCUT2D eigenvalue weighted by atomic mass is 9.81. The maximum Gasteiger partial charge on any atom is -0.0248 e. The molecule has 0 heterocycles. The van der Waals surface area contributed by atoms with Crippen molar-refractivity contribution in [2.45, 2.75) is 64.2 Å². The van der Waals surface area contributed by atoms with Crippen molar-refractivity contribution in [1.82, 2.24) is 0 Å². The van der Waals surface area contributed by atoms with Crippen LogP contribution < -0.4 is 0 Å². The second-order valence-electron chi connectivity index (χ2n) is 5.97. The average Bonchev–Trinajstić information content (AvgIpc) is 2.40. The minimum atomic E-state index is 0.983. The Hall–Kier alpha value is -0.780. The predicted molar refractivity (Wildman–Crippen MR) is 73.4 cm³/mol. The summed E-state index contributed by atoms with van der Waals surface area (Å²) in [7, 11) is 0. The smallest absolute Gasteiger partial charge is 0.0248 e. The van der Waals surface area contributed by atoms with Crippen LogP contribution in [-0.4, -0.2) is 0 Å². The molecule has 0 heteroatoms. The molecule has 0 unspecified atom stereocenters. The minimum Gasteiger partial charge on any atom is -0.0617 e. The zero-order chi connectivity index (χ0) is 11.5. The Morgan fingerprint density at radius 1 is 0.882 bits per heavy atom. The highest BCUT2D eigenvalue weighted by atomic mass is 14.2. The molecule has 17 heavy (non-hydrogen) atoms. The van der Waals surface area contributed by atoms with Crippen LogP contribution in [0.15, 0.2) is 18.2 Å². The molecule has 2 aliphatic rings. The molecular formula is C17H24. The largest absolute Gasteiger partial charge is 0.0617 e. The van der Waals surface area contributed by atoms with E-state index in [1.165, 1.54) is 64.2 Å². The highest BCUT2D eigenvalue weighted by Crippen LogP contribution is 2.31. The van der Waals surface area contributed by atoms with Crippen LogP contribution in [-0.2, 0) is 19.3 Å². The summed E-state index contributed by atoms with van der Waals surface area (Å²) in [4.78, 5) is 0. The van der Waals surface area contributed by atoms with E-state index in [4.69, 9.17) is 0 Å². The van der Waals surface area contributed by atoms with Crippen LogP contribution in [0.5, 0.6) is 0 Å². The van der Waals surface area contributed by atoms with Gasteiger partial charge in [-0.15, -0.1) is 0 Å². The Labute approximate surface area is 105 Å². The Morgan fingerprint density at radius 2 is 1.71 bits per heavy atom. The van der Waals surface area contributed by atoms with E-state index in [-0.39, 0.29) is 0 Å². The van der Waals surface area contributed by atoms with E-state index in [2.05, 4.69) is 18.2 Å². The second-order valence-corrected chi connectivity index (χ2v) is 5.97. The molecule has 0 atom stereocenters. The van der Waals surface area contributed by atoms with Crippen molar-refractivity contribution in [3.8, 4) is 0 Å². The molecule has 1 aromatic rings. The third-order valence-electron chi connectivity index (χ3n) is 4.73. The van der Waals surface area contributed by atoms with E-state index in [0.717, 1.165) is 5.92 Å². The van der Waals surface area contributed by atoms with Crippen molar-refractivity contribution in [2.24, 2.45) is 5.92 Å². The van der Waals surface area contributed by atoms with Gasteiger partial charge in [0.1, 0.15) is 0 Å². The molecule has 3 rings (SSSR count). The molecule has 0 N–H and O–H groups in total. The van der Waals surface area contributed by atoms with Gasteiger partial charge in [-0.05, 0) is 54.7 Å². The summed E-state index contributed by atoms with van der Waals surface area (Å²) in [6.45, 7) is 0. The van der Waals surface area contributed by atoms with Gasteiger partial charge in [0.25, 0.3) is 0 Å². The molecule has 0 spiro atoms. The molecule has 0 aromatic heterocycles. The lowest BCUT2D eigenvalue weighted by Gasteiger charge is -2.25. The van der Waals surface area contributed by atoms with E-state index in [9.17, 15) is 0 Å². The van der Waals surface area contributed by atoms with E-state index < -0.39 is 0 Å². The normalized spacial score (nSPS) is 21.2. The van der Waals surface area contributed by atoms with E-state index in [0.29, 0.717) is 0 Å². The molecule has 0 nitrogen and oxygen atoms in total. The molecular weight excluding hydrogens is 204 g/mol. The molecule has 0 aliphatic heterocycles. The van der Waals surface area contributed by atoms with Crippen LogP contribution in [0, 0.1) is 5.92 Å². The van der Waals surface area contributed by atoms with Gasteiger partial charge < -0.3 is 0 Å². The fourth-order valence-electron chi connectivity index (χ4n) is 3.75. The van der Waals surface area contributed by atoms with Crippen LogP contribution in [0.25, 0.3) is 0 Å². The summed E-state index contributed by atoms with van der Waals surface area (Å²) in [5.74, 6) is 0.983. The van der Waals surface area contributed by atoms with Crippen LogP contribution in [0.3, 0.4) is 0 Å². The van der Waals surface area contributed by atoms with Gasteiger partial charge in [-0.3, -0.25) is 0 Å². The monoisotopic (exact) mass is 228 g/mol. The van der Waals surface area contributed by atoms with Crippen LogP contribution >= 0.6 is 0 Å². The summed E-state index contributed by atoms with van der Waals surface area (Å²) in [6, 6.07) is 7.06. The first kappa shape index (κ1) is 11.3. The summed E-state index contributed by atoms with van der Waals surface area (Å²) in [5, 5.41) is 0. The van der Waals surface area contributed by atoms with Gasteiger partial charge in [0.15, 0.2) is 0 Å². The van der Waals surface area contributed by atoms with Crippen LogP contribution in [0.1, 0.15) is 61.6 Å². The maximum absolute atomic E-state index is 2.40. The highest BCUT2D eigenvalue weighted by molar-refractivity contribution is 5.37. The summed E-state index contributed by atoms with van der Waals surface area (Å²) in [6.07, 6.45) is 14.2. The lowest BCUT2D eigenvalue weighted by molar-refractivity contribution is 0.355. The third-order valence-corrected chi connectivity index (χ3v) is 4.73. The van der Waals surface area contributed by atoms with E-state index in [1.54, 1.807) is 16.7 Å². The number of hydrogen-bond acceptors (Lipinski definition) is 0. The van der Waals surface area contributed by atoms with Gasteiger partial charge in [0, 0.05) is 0 Å². The molecule has 1 saturated carbocycles. The maximum atomic E-state index is 2.40. The predicted octanol–water partition coefficient (Wildman–Crippen LogP) is 4.69. The molecule has 0 radical (unpaired) electrons. The first-order valence-corrected chi connectivity index (χ1v) is 7.53. The fourth-order valence-corrected chi connectivity index (χ4v) is 3.75. The number of benzene rings is 1. The Kier molecular flexibility index (Phi) is 3.49. The van der Waals surface area contributed by atoms with Crippen molar-refractivity contribution in [1.29, 1.82) is 0 Å². The summed E-state index contributed by atoms with van der Waals surface area (Å²) < 4.78 is 0. The zero-order valence-electron chi connectivity index (χ0n) is 10.9. The molecule has 0 saturated heterocycles. The number of hydrogen-bond donors (Lipinski definition) is 0. The number of rotatable bonds is 2. The third kappa shape index (κ3) is 2.56. The van der Waals surface area contributed by atoms with Crippen molar-refractivity contribution in [2.75, 3.05) is 0 Å². The molecule has 2 aliphatic carbocycles. The van der Waals surface area contributed by atoms with E-state index >= 15 is 0 Å². The Morgan fingerprint density at radius 3 is 2.59 bits per heavy atom. The zero-order valence-corrected chi connectivity index (χ0v) is 10.9. The lowest BCUT2D eigenvalue weighted by Crippen LogP contribution is -2.13. The molecule has 0 amide bonds. The minimum absolute atomic E-state index is 0.983. The SMILES string of the molecule is c1cc2c(c(CC3CCCCC3)c1)CCCC2. The quantitative estimate of drug-likeness (QED) is 0.689. The van der Waals surface area contributed by atoms with Crippen LogP contribution in [0.2, 0.25) is 0 Å². The topological polar surface area (TPSA) is 0 Å². The van der Waals surface area contributed by atoms with Gasteiger partial charge in [-0.25, -0.2) is 0 Å². The summed E-state index contributed by atoms with van der Waals surface area (Å²) in [5.41, 5.74) is 5.07. The van der Waals surface area contributed by atoms with Gasteiger partial charge >= 0.3 is 0 Å². The molecule has 1 aromatic carbocycles. The first-order valence-electron chi connectivity index (χ1n) is 7.53. The molecule has 92 valence electrons. The average molecular weight is 228 g/mol. The van der Waals surface area contributed by atoms with Crippen molar-refractivity contribution < 1.29 is 0 Å². The van der Waals surface area contributed by atoms with Gasteiger partial charge in [-0.2, -0.15) is 0 Å². The van der Waals surface area contributed by atoms with E-state index in [1.807, 2.05) is 0 Å². The molecule has 0 bridgehead atoms. The van der Waals surface area contributed by atoms with Gasteiger partial charge in [-0.1, -0.05) is 50.3 Å². The standard InChI is InChI=1S/C17H24/c1-2-7-14(8-3-1)13-16-11-6-10-15-9-4-5-12-17(15)16/h6,10-11,14H,1-5,7-9,12-13H2. The van der Waals surface area contributed by atoms with Crippen LogP contribution in [0.4, 0.5) is 0 Å². The second kappa shape index (κ2) is 5.25. The number of aryl methyl sites for hydroxylation is 1. The fraction of sp³-hybridized carbons (Fsp3) is 0.647. The summed E-state index contributed by atoms with van der Waals surface area (Å²) >= 11 is 0. The number of fused-ring (bicyclic) bond motifs is 1. The van der Waals surface area contributed by atoms with Gasteiger partial charge in [0.2, 0.25) is 0 Å². The van der Waals surface area contributed by atoms with Crippen molar-refractivity contribution in [3.05, 3.63) is 34.9 Å². The van der Waals surface area contributed by atoms with Gasteiger partial charge in [0.05, 0.1) is 0 Å². The van der Waals surface area contributed by atoms with Crippen molar-refractivity contribution >= 4 is 0 Å². The first-order chi connectivity index (χ1) is 8.43. The molecule has 1 fully saturated rings. The Bertz CT molecular complexity index is 372. The Balaban J connectivity index is 1.77. The highest BCUT2D eigenvalue weighted by Gasteiger charge is 2.18. The van der Waals surface area contributed by atoms with Crippen molar-refractivity contribution in [3.63, 3.8) is 0 Å².